The molecule has 0 aliphatic heterocycles. The van der Waals surface area contributed by atoms with Gasteiger partial charge in [0.25, 0.3) is 0 Å². The van der Waals surface area contributed by atoms with Crippen LogP contribution in [0.4, 0.5) is 4.39 Å². The van der Waals surface area contributed by atoms with Gasteiger partial charge in [0, 0.05) is 0 Å². The lowest BCUT2D eigenvalue weighted by molar-refractivity contribution is 0.404. The van der Waals surface area contributed by atoms with Crippen molar-refractivity contribution in [3.05, 3.63) is 64.5 Å². The van der Waals surface area contributed by atoms with Gasteiger partial charge in [0.15, 0.2) is 0 Å². The highest BCUT2D eigenvalue weighted by Crippen LogP contribution is 2.40. The van der Waals surface area contributed by atoms with Gasteiger partial charge in [0.2, 0.25) is 0 Å². The minimum atomic E-state index is -0.642. The van der Waals surface area contributed by atoms with E-state index in [1.165, 1.54) is 5.56 Å². The van der Waals surface area contributed by atoms with Crippen molar-refractivity contribution in [2.75, 3.05) is 7.11 Å². The fourth-order valence-electron chi connectivity index (χ4n) is 3.18. The maximum Gasteiger partial charge on any atom is 0.126 e. The van der Waals surface area contributed by atoms with Crippen molar-refractivity contribution in [2.24, 2.45) is 5.73 Å². The fourth-order valence-corrected chi connectivity index (χ4v) is 3.18. The van der Waals surface area contributed by atoms with Gasteiger partial charge in [-0.1, -0.05) is 18.2 Å². The Morgan fingerprint density at radius 3 is 2.71 bits per heavy atom. The molecule has 0 fully saturated rings. The molecule has 0 amide bonds. The minimum absolute atomic E-state index is 0.202. The normalized spacial score (nSPS) is 21.0. The second kappa shape index (κ2) is 5.15. The summed E-state index contributed by atoms with van der Waals surface area (Å²) in [6.07, 6.45) is 2.83. The smallest absolute Gasteiger partial charge is 0.126 e. The highest BCUT2D eigenvalue weighted by atomic mass is 19.1. The highest BCUT2D eigenvalue weighted by molar-refractivity contribution is 5.48. The lowest BCUT2D eigenvalue weighted by Crippen LogP contribution is -2.41. The van der Waals surface area contributed by atoms with E-state index >= 15 is 0 Å². The minimum Gasteiger partial charge on any atom is -0.497 e. The standard InChI is InChI=1S/C18H20FNO/c1-12-5-7-14(10-17(12)19)18(20)9-3-4-13-6-8-15(21-2)11-16(13)18/h5-8,10-11H,3-4,9,20H2,1-2H3. The van der Waals surface area contributed by atoms with Crippen molar-refractivity contribution in [3.8, 4) is 5.75 Å². The molecule has 0 spiro atoms. The maximum atomic E-state index is 13.9. The first-order chi connectivity index (χ1) is 10.0. The van der Waals surface area contributed by atoms with Crippen molar-refractivity contribution in [3.63, 3.8) is 0 Å². The second-order valence-electron chi connectivity index (χ2n) is 5.81. The molecule has 3 heteroatoms. The third-order valence-electron chi connectivity index (χ3n) is 4.50. The van der Waals surface area contributed by atoms with E-state index in [4.69, 9.17) is 10.5 Å². The van der Waals surface area contributed by atoms with E-state index in [1.807, 2.05) is 18.2 Å². The molecular weight excluding hydrogens is 265 g/mol. The van der Waals surface area contributed by atoms with E-state index in [1.54, 1.807) is 26.2 Å². The van der Waals surface area contributed by atoms with Crippen LogP contribution in [0.2, 0.25) is 0 Å². The zero-order valence-corrected chi connectivity index (χ0v) is 12.4. The summed E-state index contributed by atoms with van der Waals surface area (Å²) in [4.78, 5) is 0. The lowest BCUT2D eigenvalue weighted by Gasteiger charge is -2.36. The van der Waals surface area contributed by atoms with Gasteiger partial charge >= 0.3 is 0 Å². The SMILES string of the molecule is COc1ccc2c(c1)C(N)(c1ccc(C)c(F)c1)CCC2. The summed E-state index contributed by atoms with van der Waals surface area (Å²) in [6.45, 7) is 1.76. The number of aryl methyl sites for hydroxylation is 2. The molecule has 0 saturated heterocycles. The molecule has 0 bridgehead atoms. The average Bonchev–Trinajstić information content (AvgIpc) is 2.50. The van der Waals surface area contributed by atoms with Gasteiger partial charge in [-0.3, -0.25) is 0 Å². The number of nitrogens with two attached hydrogens (primary N) is 1. The molecule has 0 aromatic heterocycles. The molecule has 2 aromatic carbocycles. The zero-order valence-electron chi connectivity index (χ0n) is 12.4. The Balaban J connectivity index is 2.16. The molecule has 110 valence electrons. The van der Waals surface area contributed by atoms with Crippen LogP contribution in [-0.2, 0) is 12.0 Å². The number of fused-ring (bicyclic) bond motifs is 1. The number of rotatable bonds is 2. The van der Waals surface area contributed by atoms with Gasteiger partial charge in [0.1, 0.15) is 11.6 Å². The van der Waals surface area contributed by atoms with Gasteiger partial charge in [-0.05, 0) is 66.6 Å². The topological polar surface area (TPSA) is 35.2 Å². The Labute approximate surface area is 124 Å². The van der Waals surface area contributed by atoms with Crippen LogP contribution in [0.5, 0.6) is 5.75 Å². The van der Waals surface area contributed by atoms with E-state index < -0.39 is 5.54 Å². The van der Waals surface area contributed by atoms with E-state index in [0.29, 0.717) is 5.56 Å². The number of hydrogen-bond donors (Lipinski definition) is 1. The molecule has 2 aromatic rings. The monoisotopic (exact) mass is 285 g/mol. The molecule has 2 nitrogen and oxygen atoms in total. The number of benzene rings is 2. The Morgan fingerprint density at radius 2 is 2.00 bits per heavy atom. The van der Waals surface area contributed by atoms with Crippen molar-refractivity contribution >= 4 is 0 Å². The van der Waals surface area contributed by atoms with Crippen molar-refractivity contribution in [1.29, 1.82) is 0 Å². The quantitative estimate of drug-likeness (QED) is 0.913. The van der Waals surface area contributed by atoms with Crippen LogP contribution in [0.15, 0.2) is 36.4 Å². The van der Waals surface area contributed by atoms with Gasteiger partial charge in [-0.2, -0.15) is 0 Å². The number of ether oxygens (including phenoxy) is 1. The van der Waals surface area contributed by atoms with Crippen LogP contribution in [0.3, 0.4) is 0 Å². The van der Waals surface area contributed by atoms with Crippen LogP contribution >= 0.6 is 0 Å². The molecule has 3 rings (SSSR count). The first-order valence-electron chi connectivity index (χ1n) is 7.27. The molecule has 0 radical (unpaired) electrons. The molecule has 2 N–H and O–H groups in total. The van der Waals surface area contributed by atoms with E-state index in [9.17, 15) is 4.39 Å². The van der Waals surface area contributed by atoms with E-state index in [2.05, 4.69) is 6.07 Å². The highest BCUT2D eigenvalue weighted by Gasteiger charge is 2.35. The van der Waals surface area contributed by atoms with E-state index in [-0.39, 0.29) is 5.82 Å². The number of methoxy groups -OCH3 is 1. The molecule has 0 saturated carbocycles. The van der Waals surface area contributed by atoms with Gasteiger partial charge < -0.3 is 10.5 Å². The predicted octanol–water partition coefficient (Wildman–Crippen LogP) is 3.68. The number of halogens is 1. The summed E-state index contributed by atoms with van der Waals surface area (Å²) in [6, 6.07) is 11.3. The van der Waals surface area contributed by atoms with Crippen LogP contribution in [-0.4, -0.2) is 7.11 Å². The molecule has 1 aliphatic rings. The molecule has 0 heterocycles. The van der Waals surface area contributed by atoms with Crippen LogP contribution < -0.4 is 10.5 Å². The first-order valence-corrected chi connectivity index (χ1v) is 7.27. The van der Waals surface area contributed by atoms with Gasteiger partial charge in [-0.15, -0.1) is 0 Å². The summed E-state index contributed by atoms with van der Waals surface area (Å²) in [5, 5.41) is 0. The molecule has 1 unspecified atom stereocenters. The first kappa shape index (κ1) is 14.1. The Morgan fingerprint density at radius 1 is 1.19 bits per heavy atom. The van der Waals surface area contributed by atoms with Crippen LogP contribution in [0.25, 0.3) is 0 Å². The van der Waals surface area contributed by atoms with Crippen molar-refractivity contribution in [1.82, 2.24) is 0 Å². The zero-order chi connectivity index (χ0) is 15.0. The summed E-state index contributed by atoms with van der Waals surface area (Å²) in [7, 11) is 1.65. The third-order valence-corrected chi connectivity index (χ3v) is 4.50. The maximum absolute atomic E-state index is 13.9. The van der Waals surface area contributed by atoms with Gasteiger partial charge in [0.05, 0.1) is 12.6 Å². The Kier molecular flexibility index (Phi) is 3.46. The molecular formula is C18H20FNO. The summed E-state index contributed by atoms with van der Waals surface area (Å²) in [5.41, 5.74) is 9.83. The predicted molar refractivity (Wildman–Crippen MR) is 82.0 cm³/mol. The second-order valence-corrected chi connectivity index (χ2v) is 5.81. The van der Waals surface area contributed by atoms with Crippen LogP contribution in [0, 0.1) is 12.7 Å². The summed E-state index contributed by atoms with van der Waals surface area (Å²) >= 11 is 0. The number of hydrogen-bond acceptors (Lipinski definition) is 2. The summed E-state index contributed by atoms with van der Waals surface area (Å²) < 4.78 is 19.3. The Bertz CT molecular complexity index is 683. The van der Waals surface area contributed by atoms with Crippen molar-refractivity contribution in [2.45, 2.75) is 31.7 Å². The average molecular weight is 285 g/mol. The van der Waals surface area contributed by atoms with E-state index in [0.717, 1.165) is 36.1 Å². The molecule has 21 heavy (non-hydrogen) atoms. The fraction of sp³-hybridized carbons (Fsp3) is 0.333. The summed E-state index contributed by atoms with van der Waals surface area (Å²) in [5.74, 6) is 0.588. The third kappa shape index (κ3) is 2.32. The molecule has 1 aliphatic carbocycles. The largest absolute Gasteiger partial charge is 0.497 e. The molecule has 1 atom stereocenters. The lowest BCUT2D eigenvalue weighted by atomic mass is 9.73. The van der Waals surface area contributed by atoms with Crippen LogP contribution in [0.1, 0.15) is 35.1 Å². The van der Waals surface area contributed by atoms with Crippen molar-refractivity contribution < 1.29 is 9.13 Å². The van der Waals surface area contributed by atoms with Gasteiger partial charge in [-0.25, -0.2) is 4.39 Å². The Hall–Kier alpha value is -1.87.